The first kappa shape index (κ1) is 25.3. The Morgan fingerprint density at radius 2 is 1.35 bits per heavy atom. The van der Waals surface area contributed by atoms with Crippen molar-refractivity contribution < 1.29 is 4.42 Å². The predicted molar refractivity (Wildman–Crippen MR) is 175 cm³/mol. The molecule has 43 heavy (non-hydrogen) atoms. The second-order valence-electron chi connectivity index (χ2n) is 11.4. The van der Waals surface area contributed by atoms with E-state index in [9.17, 15) is 0 Å². The normalized spacial score (nSPS) is 11.8. The van der Waals surface area contributed by atoms with Crippen molar-refractivity contribution in [2.24, 2.45) is 0 Å². The summed E-state index contributed by atoms with van der Waals surface area (Å²) in [4.78, 5) is 20.1. The summed E-state index contributed by atoms with van der Waals surface area (Å²) in [6.07, 6.45) is 0. The van der Waals surface area contributed by atoms with Gasteiger partial charge in [-0.15, -0.1) is 0 Å². The van der Waals surface area contributed by atoms with Crippen molar-refractivity contribution in [1.29, 1.82) is 0 Å². The molecule has 0 bridgehead atoms. The Balaban J connectivity index is 1.39. The summed E-state index contributed by atoms with van der Waals surface area (Å²) >= 11 is 0. The number of aryl methyl sites for hydroxylation is 1. The lowest BCUT2D eigenvalue weighted by Crippen LogP contribution is -1.98. The third-order valence-electron chi connectivity index (χ3n) is 8.09. The smallest absolute Gasteiger partial charge is 0.180 e. The maximum atomic E-state index is 6.41. The summed E-state index contributed by atoms with van der Waals surface area (Å²) in [5.41, 5.74) is 11.1. The molecule has 0 saturated carbocycles. The van der Waals surface area contributed by atoms with Crippen LogP contribution in [0.15, 0.2) is 114 Å². The second kappa shape index (κ2) is 9.85. The summed E-state index contributed by atoms with van der Waals surface area (Å²) in [6, 6.07) is 37.4. The van der Waals surface area contributed by atoms with Gasteiger partial charge in [0.05, 0.1) is 11.0 Å². The first-order chi connectivity index (χ1) is 21.0. The average Bonchev–Trinajstić information content (AvgIpc) is 3.43. The van der Waals surface area contributed by atoms with Gasteiger partial charge in [0.1, 0.15) is 16.8 Å². The van der Waals surface area contributed by atoms with Crippen molar-refractivity contribution in [3.05, 3.63) is 121 Å². The van der Waals surface area contributed by atoms with Crippen molar-refractivity contribution in [2.75, 3.05) is 0 Å². The molecule has 0 atom stereocenters. The second-order valence-corrected chi connectivity index (χ2v) is 11.4. The Kier molecular flexibility index (Phi) is 5.79. The van der Waals surface area contributed by atoms with Crippen LogP contribution in [0.1, 0.15) is 31.2 Å². The van der Waals surface area contributed by atoms with Gasteiger partial charge >= 0.3 is 0 Å². The van der Waals surface area contributed by atoms with Crippen LogP contribution in [-0.4, -0.2) is 19.9 Å². The van der Waals surface area contributed by atoms with Gasteiger partial charge in [-0.2, -0.15) is 0 Å². The van der Waals surface area contributed by atoms with Gasteiger partial charge in [0.2, 0.25) is 0 Å². The third kappa shape index (κ3) is 4.24. The Morgan fingerprint density at radius 1 is 0.581 bits per heavy atom. The summed E-state index contributed by atoms with van der Waals surface area (Å²) in [5, 5.41) is 3.15. The number of furan rings is 1. The van der Waals surface area contributed by atoms with Crippen molar-refractivity contribution in [3.8, 4) is 33.8 Å². The van der Waals surface area contributed by atoms with Crippen molar-refractivity contribution >= 4 is 43.9 Å². The van der Waals surface area contributed by atoms with Crippen molar-refractivity contribution in [1.82, 2.24) is 19.9 Å². The molecule has 0 unspecified atom stereocenters. The highest BCUT2D eigenvalue weighted by atomic mass is 16.3. The summed E-state index contributed by atoms with van der Waals surface area (Å²) in [6.45, 7) is 6.39. The first-order valence-electron chi connectivity index (χ1n) is 14.6. The van der Waals surface area contributed by atoms with Crippen LogP contribution in [0.3, 0.4) is 0 Å². The molecular formula is C38H28N4O. The van der Waals surface area contributed by atoms with Gasteiger partial charge in [-0.3, -0.25) is 9.97 Å². The number of benzene rings is 4. The van der Waals surface area contributed by atoms with E-state index in [1.54, 1.807) is 0 Å². The van der Waals surface area contributed by atoms with Gasteiger partial charge in [-0.25, -0.2) is 9.97 Å². The molecule has 0 aliphatic rings. The van der Waals surface area contributed by atoms with E-state index in [0.717, 1.165) is 77.6 Å². The molecule has 0 saturated heterocycles. The van der Waals surface area contributed by atoms with E-state index in [-0.39, 0.29) is 5.92 Å². The minimum Gasteiger partial charge on any atom is -0.452 e. The lowest BCUT2D eigenvalue weighted by Gasteiger charge is -2.14. The molecule has 4 aromatic carbocycles. The molecule has 0 aliphatic heterocycles. The van der Waals surface area contributed by atoms with Crippen LogP contribution in [0.4, 0.5) is 0 Å². The minimum atomic E-state index is 0.261. The van der Waals surface area contributed by atoms with E-state index in [4.69, 9.17) is 24.4 Å². The highest BCUT2D eigenvalue weighted by Gasteiger charge is 2.19. The van der Waals surface area contributed by atoms with Gasteiger partial charge in [-0.1, -0.05) is 92.7 Å². The Labute approximate surface area is 248 Å². The van der Waals surface area contributed by atoms with Crippen LogP contribution in [0.5, 0.6) is 0 Å². The summed E-state index contributed by atoms with van der Waals surface area (Å²) in [7, 11) is 0. The van der Waals surface area contributed by atoms with Crippen LogP contribution < -0.4 is 0 Å². The summed E-state index contributed by atoms with van der Waals surface area (Å²) in [5.74, 6) is 0.932. The fraction of sp³-hybridized carbons (Fsp3) is 0.105. The Hall–Kier alpha value is -5.42. The van der Waals surface area contributed by atoms with E-state index >= 15 is 0 Å². The van der Waals surface area contributed by atoms with E-state index in [2.05, 4.69) is 74.5 Å². The molecule has 0 N–H and O–H groups in total. The number of hydrogen-bond acceptors (Lipinski definition) is 5. The molecule has 4 aromatic heterocycles. The fourth-order valence-corrected chi connectivity index (χ4v) is 5.86. The quantitative estimate of drug-likeness (QED) is 0.202. The van der Waals surface area contributed by atoms with Crippen LogP contribution in [0.2, 0.25) is 0 Å². The zero-order chi connectivity index (χ0) is 29.1. The highest BCUT2D eigenvalue weighted by Crippen LogP contribution is 2.39. The number of nitrogens with zero attached hydrogens (tertiary/aromatic N) is 4. The average molecular weight is 557 g/mol. The number of hydrogen-bond donors (Lipinski definition) is 0. The van der Waals surface area contributed by atoms with Crippen LogP contribution in [0.25, 0.3) is 77.6 Å². The molecule has 0 spiro atoms. The topological polar surface area (TPSA) is 64.7 Å². The molecule has 5 heteroatoms. The minimum absolute atomic E-state index is 0.261. The Morgan fingerprint density at radius 3 is 2.21 bits per heavy atom. The number of pyridine rings is 2. The van der Waals surface area contributed by atoms with Crippen molar-refractivity contribution in [3.63, 3.8) is 0 Å². The van der Waals surface area contributed by atoms with Crippen molar-refractivity contribution in [2.45, 2.75) is 26.7 Å². The molecule has 8 rings (SSSR count). The monoisotopic (exact) mass is 556 g/mol. The number of rotatable bonds is 4. The van der Waals surface area contributed by atoms with Gasteiger partial charge < -0.3 is 4.42 Å². The lowest BCUT2D eigenvalue weighted by atomic mass is 9.94. The molecule has 5 nitrogen and oxygen atoms in total. The molecule has 0 amide bonds. The molecule has 8 aromatic rings. The van der Waals surface area contributed by atoms with E-state index in [0.29, 0.717) is 11.4 Å². The summed E-state index contributed by atoms with van der Waals surface area (Å²) < 4.78 is 6.41. The van der Waals surface area contributed by atoms with Gasteiger partial charge in [0.25, 0.3) is 0 Å². The third-order valence-corrected chi connectivity index (χ3v) is 8.09. The molecule has 206 valence electrons. The predicted octanol–water partition coefficient (Wildman–Crippen LogP) is 9.91. The van der Waals surface area contributed by atoms with E-state index in [1.807, 2.05) is 55.5 Å². The van der Waals surface area contributed by atoms with Gasteiger partial charge in [0.15, 0.2) is 11.4 Å². The molecule has 0 radical (unpaired) electrons. The lowest BCUT2D eigenvalue weighted by molar-refractivity contribution is 0.667. The zero-order valence-corrected chi connectivity index (χ0v) is 24.2. The first-order valence-corrected chi connectivity index (χ1v) is 14.6. The number of aromatic nitrogens is 4. The van der Waals surface area contributed by atoms with Crippen LogP contribution >= 0.6 is 0 Å². The highest BCUT2D eigenvalue weighted by molar-refractivity contribution is 6.09. The molecule has 0 aliphatic carbocycles. The number of fused-ring (bicyclic) bond motifs is 6. The molecular weight excluding hydrogens is 528 g/mol. The zero-order valence-electron chi connectivity index (χ0n) is 24.2. The maximum absolute atomic E-state index is 6.41. The van der Waals surface area contributed by atoms with Gasteiger partial charge in [-0.05, 0) is 54.3 Å². The molecule has 0 fully saturated rings. The fourth-order valence-electron chi connectivity index (χ4n) is 5.86. The SMILES string of the molecule is Cc1ccc2ccc3c(-c4cccc(-c5nc(-c6ccccc6)nc6c5oc5ccccc56)c4)cc(C(C)C)nc3c2n1. The molecule has 4 heterocycles. The van der Waals surface area contributed by atoms with E-state index in [1.165, 1.54) is 0 Å². The number of para-hydroxylation sites is 1. The van der Waals surface area contributed by atoms with Crippen LogP contribution in [0, 0.1) is 6.92 Å². The van der Waals surface area contributed by atoms with Crippen LogP contribution in [-0.2, 0) is 0 Å². The Bertz CT molecular complexity index is 2340. The van der Waals surface area contributed by atoms with Gasteiger partial charge in [0, 0.05) is 38.7 Å². The maximum Gasteiger partial charge on any atom is 0.180 e. The van der Waals surface area contributed by atoms with E-state index < -0.39 is 0 Å². The largest absolute Gasteiger partial charge is 0.452 e. The standard InChI is InChI=1S/C38H28N4O/c1-22(2)31-21-30(28-19-18-24-17-16-23(3)39-33(24)35(28)40-31)26-12-9-13-27(20-26)34-37-36(29-14-7-8-15-32(29)43-37)42-38(41-34)25-10-5-4-6-11-25/h4-22H,1-3H3.